The maximum Gasteiger partial charge on any atom is 0.259 e. The minimum atomic E-state index is 0.512. The third kappa shape index (κ3) is 1.15. The fourth-order valence-corrected chi connectivity index (χ4v) is 1.14. The molecule has 1 atom stereocenters. The summed E-state index contributed by atoms with van der Waals surface area (Å²) in [5, 5.41) is 0.641. The highest BCUT2D eigenvalue weighted by atomic mass is 32.1. The van der Waals surface area contributed by atoms with Crippen LogP contribution in [0.15, 0.2) is 0 Å². The Morgan fingerprint density at radius 2 is 2.56 bits per heavy atom. The van der Waals surface area contributed by atoms with Crippen molar-refractivity contribution in [2.24, 2.45) is 0 Å². The van der Waals surface area contributed by atoms with E-state index in [-0.39, 0.29) is 0 Å². The second kappa shape index (κ2) is 2.52. The molecular formula is C6H11NOS. The monoisotopic (exact) mass is 145 g/mol. The lowest BCUT2D eigenvalue weighted by Gasteiger charge is -2.14. The minimum absolute atomic E-state index is 0.512. The van der Waals surface area contributed by atoms with E-state index in [0.29, 0.717) is 11.2 Å². The van der Waals surface area contributed by atoms with E-state index in [0.717, 1.165) is 13.0 Å². The molecule has 0 aromatic heterocycles. The molecule has 52 valence electrons. The van der Waals surface area contributed by atoms with Crippen LogP contribution in [0.25, 0.3) is 0 Å². The van der Waals surface area contributed by atoms with Crippen LogP contribution in [0.1, 0.15) is 13.3 Å². The third-order valence-corrected chi connectivity index (χ3v) is 2.11. The fraction of sp³-hybridized carbons (Fsp3) is 0.833. The largest absolute Gasteiger partial charge is 0.469 e. The second-order valence-electron chi connectivity index (χ2n) is 2.25. The molecule has 0 aromatic carbocycles. The first-order valence-electron chi connectivity index (χ1n) is 3.15. The zero-order valence-corrected chi connectivity index (χ0v) is 6.57. The molecule has 1 heterocycles. The van der Waals surface area contributed by atoms with Crippen LogP contribution in [0.3, 0.4) is 0 Å². The average molecular weight is 145 g/mol. The number of rotatable bonds is 1. The van der Waals surface area contributed by atoms with Crippen molar-refractivity contribution in [2.75, 3.05) is 13.7 Å². The Labute approximate surface area is 60.8 Å². The zero-order chi connectivity index (χ0) is 6.85. The van der Waals surface area contributed by atoms with Crippen LogP contribution in [-0.4, -0.2) is 29.8 Å². The van der Waals surface area contributed by atoms with Crippen LogP contribution >= 0.6 is 12.2 Å². The first-order chi connectivity index (χ1) is 4.25. The first-order valence-corrected chi connectivity index (χ1v) is 3.56. The Bertz CT molecular complexity index is 126. The van der Waals surface area contributed by atoms with E-state index in [4.69, 9.17) is 17.0 Å². The molecule has 0 spiro atoms. The number of thiocarbonyl (C=S) groups is 1. The molecule has 1 aliphatic heterocycles. The molecule has 0 amide bonds. The zero-order valence-electron chi connectivity index (χ0n) is 5.76. The summed E-state index contributed by atoms with van der Waals surface area (Å²) in [5.74, 6) is 0. The quantitative estimate of drug-likeness (QED) is 0.511. The minimum Gasteiger partial charge on any atom is -0.469 e. The van der Waals surface area contributed by atoms with Gasteiger partial charge in [-0.25, -0.2) is 0 Å². The third-order valence-electron chi connectivity index (χ3n) is 1.71. The summed E-state index contributed by atoms with van der Waals surface area (Å²) in [7, 11) is 1.98. The van der Waals surface area contributed by atoms with Crippen molar-refractivity contribution in [1.29, 1.82) is 0 Å². The van der Waals surface area contributed by atoms with Gasteiger partial charge < -0.3 is 9.64 Å². The van der Waals surface area contributed by atoms with E-state index in [1.54, 1.807) is 0 Å². The fourth-order valence-electron chi connectivity index (χ4n) is 0.922. The van der Waals surface area contributed by atoms with Crippen LogP contribution < -0.4 is 0 Å². The summed E-state index contributed by atoms with van der Waals surface area (Å²) in [4.78, 5) is 2.01. The number of nitrogens with zero attached hydrogens (tertiary/aromatic N) is 1. The van der Waals surface area contributed by atoms with E-state index < -0.39 is 0 Å². The van der Waals surface area contributed by atoms with E-state index in [2.05, 4.69) is 6.92 Å². The van der Waals surface area contributed by atoms with E-state index >= 15 is 0 Å². The van der Waals surface area contributed by atoms with E-state index in [1.165, 1.54) is 0 Å². The Balaban J connectivity index is 2.51. The van der Waals surface area contributed by atoms with Crippen molar-refractivity contribution in [1.82, 2.24) is 4.90 Å². The molecule has 0 saturated carbocycles. The SMILES string of the molecule is CC[C@H]1COC(=S)N1C. The molecule has 3 heteroatoms. The Morgan fingerprint density at radius 1 is 1.89 bits per heavy atom. The standard InChI is InChI=1S/C6H11NOS/c1-3-5-4-8-6(9)7(5)2/h5H,3-4H2,1-2H3/t5-/m0/s1. The van der Waals surface area contributed by atoms with Crippen molar-refractivity contribution < 1.29 is 4.74 Å². The van der Waals surface area contributed by atoms with Crippen molar-refractivity contribution in [3.8, 4) is 0 Å². The summed E-state index contributed by atoms with van der Waals surface area (Å²) < 4.78 is 5.13. The molecule has 0 radical (unpaired) electrons. The molecule has 0 aromatic rings. The smallest absolute Gasteiger partial charge is 0.259 e. The second-order valence-corrected chi connectivity index (χ2v) is 2.60. The van der Waals surface area contributed by atoms with Crippen LogP contribution in [-0.2, 0) is 4.74 Å². The topological polar surface area (TPSA) is 12.5 Å². The lowest BCUT2D eigenvalue weighted by molar-refractivity contribution is 0.316. The number of likely N-dealkylation sites (N-methyl/N-ethyl adjacent to an activating group) is 1. The lowest BCUT2D eigenvalue weighted by Crippen LogP contribution is -2.28. The number of hydrogen-bond donors (Lipinski definition) is 0. The predicted octanol–water partition coefficient (Wildman–Crippen LogP) is 1.01. The van der Waals surface area contributed by atoms with Crippen molar-refractivity contribution in [3.63, 3.8) is 0 Å². The number of ether oxygens (including phenoxy) is 1. The van der Waals surface area contributed by atoms with Gasteiger partial charge in [0.05, 0.1) is 6.04 Å². The molecule has 9 heavy (non-hydrogen) atoms. The molecule has 0 unspecified atom stereocenters. The van der Waals surface area contributed by atoms with Gasteiger partial charge in [-0.3, -0.25) is 0 Å². The molecule has 1 rings (SSSR count). The van der Waals surface area contributed by atoms with Gasteiger partial charge in [-0.1, -0.05) is 6.92 Å². The molecule has 1 aliphatic rings. The Hall–Kier alpha value is -0.310. The molecule has 0 N–H and O–H groups in total. The predicted molar refractivity (Wildman–Crippen MR) is 40.4 cm³/mol. The first kappa shape index (κ1) is 6.81. The van der Waals surface area contributed by atoms with Crippen LogP contribution in [0.5, 0.6) is 0 Å². The maximum absolute atomic E-state index is 5.13. The molecule has 0 aliphatic carbocycles. The van der Waals surface area contributed by atoms with Crippen LogP contribution in [0.4, 0.5) is 0 Å². The molecule has 1 fully saturated rings. The van der Waals surface area contributed by atoms with Gasteiger partial charge in [0.25, 0.3) is 5.17 Å². The highest BCUT2D eigenvalue weighted by Gasteiger charge is 2.23. The molecule has 2 nitrogen and oxygen atoms in total. The van der Waals surface area contributed by atoms with E-state index in [1.807, 2.05) is 11.9 Å². The van der Waals surface area contributed by atoms with Gasteiger partial charge in [0.2, 0.25) is 0 Å². The summed E-state index contributed by atoms with van der Waals surface area (Å²) in [5.41, 5.74) is 0. The van der Waals surface area contributed by atoms with Gasteiger partial charge >= 0.3 is 0 Å². The van der Waals surface area contributed by atoms with E-state index in [9.17, 15) is 0 Å². The Kier molecular flexibility index (Phi) is 1.90. The number of hydrogen-bond acceptors (Lipinski definition) is 2. The van der Waals surface area contributed by atoms with Gasteiger partial charge in [0.15, 0.2) is 0 Å². The maximum atomic E-state index is 5.13. The van der Waals surface area contributed by atoms with Crippen molar-refractivity contribution in [3.05, 3.63) is 0 Å². The molecular weight excluding hydrogens is 134 g/mol. The van der Waals surface area contributed by atoms with Crippen LogP contribution in [0, 0.1) is 0 Å². The Morgan fingerprint density at radius 3 is 2.78 bits per heavy atom. The van der Waals surface area contributed by atoms with Crippen molar-refractivity contribution >= 4 is 17.4 Å². The van der Waals surface area contributed by atoms with Gasteiger partial charge in [-0.15, -0.1) is 0 Å². The molecule has 1 saturated heterocycles. The normalized spacial score (nSPS) is 26.7. The average Bonchev–Trinajstić information content (AvgIpc) is 2.15. The summed E-state index contributed by atoms with van der Waals surface area (Å²) in [6.45, 7) is 2.91. The summed E-state index contributed by atoms with van der Waals surface area (Å²) in [6.07, 6.45) is 1.11. The van der Waals surface area contributed by atoms with Crippen LogP contribution in [0.2, 0.25) is 0 Å². The highest BCUT2D eigenvalue weighted by Crippen LogP contribution is 2.11. The summed E-state index contributed by atoms with van der Waals surface area (Å²) >= 11 is 4.89. The van der Waals surface area contributed by atoms with Gasteiger partial charge in [0, 0.05) is 7.05 Å². The highest BCUT2D eigenvalue weighted by molar-refractivity contribution is 7.80. The van der Waals surface area contributed by atoms with Gasteiger partial charge in [0.1, 0.15) is 6.61 Å². The molecule has 0 bridgehead atoms. The lowest BCUT2D eigenvalue weighted by atomic mass is 10.2. The van der Waals surface area contributed by atoms with Gasteiger partial charge in [-0.05, 0) is 18.6 Å². The summed E-state index contributed by atoms with van der Waals surface area (Å²) in [6, 6.07) is 0.512. The van der Waals surface area contributed by atoms with Gasteiger partial charge in [-0.2, -0.15) is 0 Å². The van der Waals surface area contributed by atoms with Crippen molar-refractivity contribution in [2.45, 2.75) is 19.4 Å².